The number of fused-ring (bicyclic) bond motifs is 3. The van der Waals surface area contributed by atoms with Gasteiger partial charge in [-0.2, -0.15) is 5.01 Å². The van der Waals surface area contributed by atoms with Crippen LogP contribution in [-0.2, 0) is 11.2 Å². The van der Waals surface area contributed by atoms with Crippen molar-refractivity contribution < 1.29 is 4.79 Å². The Balaban J connectivity index is 0.00000307. The second-order valence-corrected chi connectivity index (χ2v) is 15.1. The molecule has 9 N–H and O–H groups in total. The molecule has 320 valence electrons. The average Bonchev–Trinajstić information content (AvgIpc) is 4.01. The van der Waals surface area contributed by atoms with Crippen LogP contribution in [0.25, 0.3) is 46.2 Å². The molecular weight excluding hydrogens is 763 g/mol. The topological polar surface area (TPSA) is 168 Å². The molecule has 1 amide bonds. The van der Waals surface area contributed by atoms with Gasteiger partial charge in [-0.25, -0.2) is 15.9 Å². The molecule has 1 saturated heterocycles. The number of aromatic nitrogens is 4. The van der Waals surface area contributed by atoms with Gasteiger partial charge in [0, 0.05) is 114 Å². The molecule has 2 aromatic carbocycles. The van der Waals surface area contributed by atoms with Crippen molar-refractivity contribution in [1.82, 2.24) is 50.1 Å². The van der Waals surface area contributed by atoms with Gasteiger partial charge in [0.1, 0.15) is 0 Å². The Morgan fingerprint density at radius 3 is 2.64 bits per heavy atom. The van der Waals surface area contributed by atoms with Crippen LogP contribution in [-0.4, -0.2) is 98.8 Å². The molecular formula is C47H61N13O. The van der Waals surface area contributed by atoms with Gasteiger partial charge in [-0.15, -0.1) is 6.58 Å². The predicted octanol–water partition coefficient (Wildman–Crippen LogP) is 4.64. The Morgan fingerprint density at radius 1 is 1.05 bits per heavy atom. The molecule has 2 aliphatic heterocycles. The van der Waals surface area contributed by atoms with Crippen LogP contribution < -0.4 is 38.2 Å². The van der Waals surface area contributed by atoms with E-state index in [2.05, 4.69) is 116 Å². The highest BCUT2D eigenvalue weighted by Gasteiger charge is 2.27. The van der Waals surface area contributed by atoms with Gasteiger partial charge in [0.05, 0.1) is 41.5 Å². The summed E-state index contributed by atoms with van der Waals surface area (Å²) in [5.41, 5.74) is 14.5. The summed E-state index contributed by atoms with van der Waals surface area (Å²) < 4.78 is 2.10. The third-order valence-electron chi connectivity index (χ3n) is 11.2. The number of hydrazine groups is 2. The lowest BCUT2D eigenvalue weighted by atomic mass is 9.92. The minimum atomic E-state index is -0.0911. The minimum absolute atomic E-state index is 0.00761. The van der Waals surface area contributed by atoms with Crippen LogP contribution in [0.5, 0.6) is 0 Å². The van der Waals surface area contributed by atoms with Gasteiger partial charge >= 0.3 is 0 Å². The molecule has 0 spiro atoms. The summed E-state index contributed by atoms with van der Waals surface area (Å²) in [7, 11) is 3.48. The van der Waals surface area contributed by atoms with Crippen LogP contribution in [0.15, 0.2) is 112 Å². The van der Waals surface area contributed by atoms with E-state index < -0.39 is 0 Å². The highest BCUT2D eigenvalue weighted by Crippen LogP contribution is 2.39. The number of piperidine rings is 1. The van der Waals surface area contributed by atoms with Crippen molar-refractivity contribution in [2.24, 2.45) is 11.6 Å². The number of hydrogen-bond acceptors (Lipinski definition) is 10. The standard InChI is InChI=1S/C46H56N12O.CH5N/c1-8-10-22-56-28-39(37-17-20-50-45(37)34(56)6)38-26-35(27-41-46(38)52-29-51-41)18-24-55(25-21-48-9-2)30-54(7)57(47)23-12-19-49-40-14-11-13-36-32(4)58(33(5)44(36)40)42-15-16-43(59)53-31(42)3;1-2/h8-9,11-14,17,20,23,26-29,42,48-50H,1-6,10,15-16,18-19,21-22,24-25,30,47H2,7H3,(H,51,52)(H,53,59);2H2,1H3/b23-12-;. The lowest BCUT2D eigenvalue weighted by Gasteiger charge is -2.32. The minimum Gasteiger partial charge on any atom is -0.390 e. The maximum absolute atomic E-state index is 12.0. The molecule has 1 atom stereocenters. The van der Waals surface area contributed by atoms with Crippen molar-refractivity contribution in [3.63, 3.8) is 0 Å². The van der Waals surface area contributed by atoms with E-state index in [9.17, 15) is 4.79 Å². The van der Waals surface area contributed by atoms with Crippen molar-refractivity contribution in [3.05, 3.63) is 145 Å². The summed E-state index contributed by atoms with van der Waals surface area (Å²) in [5, 5.41) is 17.0. The third kappa shape index (κ3) is 9.58. The zero-order valence-electron chi connectivity index (χ0n) is 35.6. The number of imidazole rings is 1. The monoisotopic (exact) mass is 824 g/mol. The Labute approximate surface area is 358 Å². The first-order chi connectivity index (χ1) is 29.6. The van der Waals surface area contributed by atoms with E-state index in [0.29, 0.717) is 31.8 Å². The number of nitrogens with two attached hydrogens (primary N) is 2. The molecule has 5 heterocycles. The fourth-order valence-corrected chi connectivity index (χ4v) is 8.15. The number of amides is 1. The van der Waals surface area contributed by atoms with Crippen molar-refractivity contribution in [2.75, 3.05) is 58.8 Å². The molecule has 0 bridgehead atoms. The van der Waals surface area contributed by atoms with Crippen molar-refractivity contribution in [1.29, 1.82) is 0 Å². The van der Waals surface area contributed by atoms with Crippen LogP contribution in [0.2, 0.25) is 0 Å². The molecule has 1 unspecified atom stereocenters. The maximum Gasteiger partial charge on any atom is 0.224 e. The molecule has 14 heteroatoms. The Kier molecular flexibility index (Phi) is 14.5. The fourth-order valence-electron chi connectivity index (χ4n) is 8.15. The number of carbonyl (C=O) groups is 1. The Bertz CT molecular complexity index is 2560. The first-order valence-corrected chi connectivity index (χ1v) is 20.6. The number of aromatic amines is 2. The van der Waals surface area contributed by atoms with Crippen molar-refractivity contribution in [3.8, 4) is 0 Å². The normalized spacial score (nSPS) is 15.2. The number of nitrogens with one attached hydrogen (secondary N) is 5. The number of hydrogen-bond donors (Lipinski definition) is 7. The number of carbonyl (C=O) groups excluding carboxylic acids is 1. The van der Waals surface area contributed by atoms with Crippen molar-refractivity contribution >= 4 is 57.8 Å². The van der Waals surface area contributed by atoms with Crippen LogP contribution in [0.1, 0.15) is 47.7 Å². The summed E-state index contributed by atoms with van der Waals surface area (Å²) in [6.07, 6.45) is 16.2. The van der Waals surface area contributed by atoms with Crippen molar-refractivity contribution in [2.45, 2.75) is 31.7 Å². The molecule has 1 fully saturated rings. The lowest BCUT2D eigenvalue weighted by molar-refractivity contribution is -0.121. The van der Waals surface area contributed by atoms with Crippen LogP contribution in [0, 0.1) is 0 Å². The fraction of sp³-hybridized carbons (Fsp3) is 0.277. The number of nitrogens with zero attached hydrogens (tertiary/aromatic N) is 6. The molecule has 0 saturated carbocycles. The summed E-state index contributed by atoms with van der Waals surface area (Å²) in [5.74, 6) is 6.57. The second-order valence-electron chi connectivity index (χ2n) is 15.1. The Morgan fingerprint density at radius 2 is 1.87 bits per heavy atom. The second kappa shape index (κ2) is 20.1. The van der Waals surface area contributed by atoms with E-state index in [1.807, 2.05) is 48.7 Å². The van der Waals surface area contributed by atoms with Gasteiger partial charge < -0.3 is 41.1 Å². The molecule has 0 radical (unpaired) electrons. The average molecular weight is 824 g/mol. The van der Waals surface area contributed by atoms with Gasteiger partial charge in [-0.1, -0.05) is 51.1 Å². The van der Waals surface area contributed by atoms with Gasteiger partial charge in [0.15, 0.2) is 0 Å². The van der Waals surface area contributed by atoms with E-state index in [-0.39, 0.29) is 11.9 Å². The van der Waals surface area contributed by atoms with Gasteiger partial charge in [-0.3, -0.25) is 9.69 Å². The van der Waals surface area contributed by atoms with Gasteiger partial charge in [-0.05, 0) is 68.4 Å². The number of anilines is 1. The van der Waals surface area contributed by atoms with E-state index in [4.69, 9.17) is 10.8 Å². The molecule has 3 aromatic heterocycles. The Hall–Kier alpha value is -6.58. The van der Waals surface area contributed by atoms with Crippen LogP contribution in [0.3, 0.4) is 0 Å². The summed E-state index contributed by atoms with van der Waals surface area (Å²) in [6.45, 7) is 29.3. The van der Waals surface area contributed by atoms with E-state index in [1.165, 1.54) is 12.6 Å². The summed E-state index contributed by atoms with van der Waals surface area (Å²) >= 11 is 0. The largest absolute Gasteiger partial charge is 0.390 e. The third-order valence-corrected chi connectivity index (χ3v) is 11.2. The number of rotatable bonds is 19. The highest BCUT2D eigenvalue weighted by atomic mass is 16.1. The molecule has 14 nitrogen and oxygen atoms in total. The van der Waals surface area contributed by atoms with Crippen LogP contribution in [0.4, 0.5) is 5.69 Å². The first-order valence-electron chi connectivity index (χ1n) is 20.6. The quantitative estimate of drug-likeness (QED) is 0.0205. The molecule has 5 aromatic rings. The van der Waals surface area contributed by atoms with E-state index in [1.54, 1.807) is 17.6 Å². The molecule has 61 heavy (non-hydrogen) atoms. The predicted molar refractivity (Wildman–Crippen MR) is 252 cm³/mol. The SMILES string of the molecule is C=CCCN1C=C(c2cc(CCN(CCNC=C)CN(C)N(N)/C=C\CNc3cccc4c(=C)n(C5CCC(=O)NC5=C)c(=C)c34)cc3[nH]cnc23)c2cc[nH]c2C1=C.CN. The molecule has 7 rings (SSSR count). The molecule has 2 aliphatic rings. The van der Waals surface area contributed by atoms with Crippen LogP contribution >= 0.6 is 0 Å². The maximum atomic E-state index is 12.0. The number of H-pyrrole nitrogens is 2. The summed E-state index contributed by atoms with van der Waals surface area (Å²) in [4.78, 5) is 28.0. The lowest BCUT2D eigenvalue weighted by Crippen LogP contribution is -2.48. The zero-order valence-corrected chi connectivity index (χ0v) is 35.6. The first kappa shape index (κ1) is 44.0. The molecule has 0 aliphatic carbocycles. The zero-order chi connectivity index (χ0) is 43.6. The summed E-state index contributed by atoms with van der Waals surface area (Å²) in [6, 6.07) is 12.6. The highest BCUT2D eigenvalue weighted by molar-refractivity contribution is 5.98. The van der Waals surface area contributed by atoms with E-state index in [0.717, 1.165) is 105 Å². The van der Waals surface area contributed by atoms with Gasteiger partial charge in [0.25, 0.3) is 0 Å². The number of allylic oxidation sites excluding steroid dienone is 1. The number of benzene rings is 2. The van der Waals surface area contributed by atoms with E-state index >= 15 is 0 Å². The van der Waals surface area contributed by atoms with Gasteiger partial charge in [0.2, 0.25) is 5.91 Å². The smallest absolute Gasteiger partial charge is 0.224 e.